The van der Waals surface area contributed by atoms with Crippen molar-refractivity contribution in [2.75, 3.05) is 0 Å². The molecule has 0 heteroatoms. The molecule has 0 saturated heterocycles. The average molecular weight is 370 g/mol. The van der Waals surface area contributed by atoms with Crippen LogP contribution in [-0.2, 0) is 0 Å². The smallest absolute Gasteiger partial charge is 0.0278 e. The van der Waals surface area contributed by atoms with Crippen molar-refractivity contribution >= 4 is 10.8 Å². The summed E-state index contributed by atoms with van der Waals surface area (Å²) in [5.41, 5.74) is 7.89. The fourth-order valence-corrected chi connectivity index (χ4v) is 3.28. The van der Waals surface area contributed by atoms with E-state index in [1.54, 1.807) is 0 Å². The monoisotopic (exact) mass is 370 g/mol. The van der Waals surface area contributed by atoms with Crippen LogP contribution >= 0.6 is 0 Å². The lowest BCUT2D eigenvalue weighted by atomic mass is 10.0. The van der Waals surface area contributed by atoms with E-state index >= 15 is 0 Å². The summed E-state index contributed by atoms with van der Waals surface area (Å²) in [5.74, 6) is 13.1. The lowest BCUT2D eigenvalue weighted by Crippen LogP contribution is -1.84. The highest BCUT2D eigenvalue weighted by Gasteiger charge is 1.98. The van der Waals surface area contributed by atoms with Crippen LogP contribution in [0.4, 0.5) is 0 Å². The summed E-state index contributed by atoms with van der Waals surface area (Å²) in [4.78, 5) is 0. The Bertz CT molecular complexity index is 1310. The summed E-state index contributed by atoms with van der Waals surface area (Å²) in [7, 11) is 0. The van der Waals surface area contributed by atoms with Crippen LogP contribution in [0.25, 0.3) is 10.8 Å². The number of benzene rings is 4. The van der Waals surface area contributed by atoms with Gasteiger partial charge >= 0.3 is 0 Å². The second-order valence-corrected chi connectivity index (χ2v) is 7.46. The molecule has 0 aliphatic carbocycles. The zero-order chi connectivity index (χ0) is 20.2. The van der Waals surface area contributed by atoms with Gasteiger partial charge < -0.3 is 0 Å². The molecule has 0 radical (unpaired) electrons. The third kappa shape index (κ3) is 4.57. The van der Waals surface area contributed by atoms with Gasteiger partial charge in [-0.3, -0.25) is 0 Å². The van der Waals surface area contributed by atoms with Crippen molar-refractivity contribution in [3.05, 3.63) is 118 Å². The maximum atomic E-state index is 3.30. The van der Waals surface area contributed by atoms with E-state index < -0.39 is 0 Å². The van der Waals surface area contributed by atoms with Crippen LogP contribution in [0.3, 0.4) is 0 Å². The van der Waals surface area contributed by atoms with Crippen LogP contribution in [-0.4, -0.2) is 0 Å². The third-order valence-electron chi connectivity index (χ3n) is 4.97. The maximum absolute atomic E-state index is 3.30. The molecule has 29 heavy (non-hydrogen) atoms. The molecule has 0 aromatic heterocycles. The van der Waals surface area contributed by atoms with Gasteiger partial charge in [-0.2, -0.15) is 0 Å². The second-order valence-electron chi connectivity index (χ2n) is 7.46. The molecule has 0 fully saturated rings. The Morgan fingerprint density at radius 3 is 1.59 bits per heavy atom. The van der Waals surface area contributed by atoms with Gasteiger partial charge in [0, 0.05) is 22.3 Å². The Morgan fingerprint density at radius 2 is 0.966 bits per heavy atom. The van der Waals surface area contributed by atoms with E-state index in [1.807, 2.05) is 0 Å². The summed E-state index contributed by atoms with van der Waals surface area (Å²) in [5, 5.41) is 2.36. The van der Waals surface area contributed by atoms with E-state index in [9.17, 15) is 0 Å². The Kier molecular flexibility index (Phi) is 5.20. The zero-order valence-corrected chi connectivity index (χ0v) is 17.0. The lowest BCUT2D eigenvalue weighted by Gasteiger charge is -2.01. The number of hydrogen-bond donors (Lipinski definition) is 0. The van der Waals surface area contributed by atoms with Crippen LogP contribution < -0.4 is 0 Å². The Morgan fingerprint density at radius 1 is 0.448 bits per heavy atom. The molecule has 0 amide bonds. The van der Waals surface area contributed by atoms with Gasteiger partial charge in [0.15, 0.2) is 0 Å². The van der Waals surface area contributed by atoms with Crippen LogP contribution in [0.1, 0.15) is 38.9 Å². The highest BCUT2D eigenvalue weighted by molar-refractivity contribution is 5.85. The first-order chi connectivity index (χ1) is 14.1. The first-order valence-corrected chi connectivity index (χ1v) is 9.79. The summed E-state index contributed by atoms with van der Waals surface area (Å²) < 4.78 is 0. The molecule has 0 aliphatic heterocycles. The van der Waals surface area contributed by atoms with Crippen molar-refractivity contribution in [3.8, 4) is 23.7 Å². The lowest BCUT2D eigenvalue weighted by molar-refractivity contribution is 1.36. The molecule has 0 spiro atoms. The molecule has 0 N–H and O–H groups in total. The van der Waals surface area contributed by atoms with Gasteiger partial charge in [0.2, 0.25) is 0 Å². The summed E-state index contributed by atoms with van der Waals surface area (Å²) in [6.07, 6.45) is 0. The minimum atomic E-state index is 1.02. The SMILES string of the molecule is Cc1ccc(C#Cc2ccc3cc(C#Cc4ccc(C)cc4C)ccc3c2)cc1. The van der Waals surface area contributed by atoms with Gasteiger partial charge in [0.05, 0.1) is 0 Å². The maximum Gasteiger partial charge on any atom is 0.0278 e. The van der Waals surface area contributed by atoms with Crippen LogP contribution in [0.2, 0.25) is 0 Å². The molecule has 0 unspecified atom stereocenters. The molecule has 0 saturated carbocycles. The molecular formula is C29H22. The predicted molar refractivity (Wildman–Crippen MR) is 123 cm³/mol. The largest absolute Gasteiger partial charge is 0.0617 e. The van der Waals surface area contributed by atoms with E-state index in [4.69, 9.17) is 0 Å². The molecule has 4 rings (SSSR count). The molecular weight excluding hydrogens is 348 g/mol. The molecule has 0 nitrogen and oxygen atoms in total. The number of aryl methyl sites for hydroxylation is 3. The highest BCUT2D eigenvalue weighted by Crippen LogP contribution is 2.18. The quantitative estimate of drug-likeness (QED) is 0.307. The van der Waals surface area contributed by atoms with Crippen LogP contribution in [0.5, 0.6) is 0 Å². The van der Waals surface area contributed by atoms with Crippen molar-refractivity contribution in [3.63, 3.8) is 0 Å². The molecule has 0 atom stereocenters. The third-order valence-corrected chi connectivity index (χ3v) is 4.97. The number of rotatable bonds is 0. The fourth-order valence-electron chi connectivity index (χ4n) is 3.28. The Labute approximate surface area is 173 Å². The second kappa shape index (κ2) is 8.10. The van der Waals surface area contributed by atoms with E-state index in [2.05, 4.69) is 123 Å². The van der Waals surface area contributed by atoms with Gasteiger partial charge in [0.25, 0.3) is 0 Å². The average Bonchev–Trinajstić information content (AvgIpc) is 2.72. The van der Waals surface area contributed by atoms with Gasteiger partial charge in [-0.15, -0.1) is 0 Å². The zero-order valence-electron chi connectivity index (χ0n) is 17.0. The van der Waals surface area contributed by atoms with Crippen molar-refractivity contribution < 1.29 is 0 Å². The topological polar surface area (TPSA) is 0 Å². The van der Waals surface area contributed by atoms with Crippen LogP contribution in [0.15, 0.2) is 78.9 Å². The predicted octanol–water partition coefficient (Wildman–Crippen LogP) is 6.56. The molecule has 138 valence electrons. The summed E-state index contributed by atoms with van der Waals surface area (Å²) in [6, 6.07) is 27.3. The van der Waals surface area contributed by atoms with Gasteiger partial charge in [0.1, 0.15) is 0 Å². The Hall–Kier alpha value is -3.74. The number of fused-ring (bicyclic) bond motifs is 1. The molecule has 4 aromatic rings. The first kappa shape index (κ1) is 18.6. The first-order valence-electron chi connectivity index (χ1n) is 9.79. The van der Waals surface area contributed by atoms with Crippen molar-refractivity contribution in [1.82, 2.24) is 0 Å². The van der Waals surface area contributed by atoms with Crippen molar-refractivity contribution in [2.45, 2.75) is 20.8 Å². The van der Waals surface area contributed by atoms with E-state index in [0.717, 1.165) is 22.3 Å². The standard InChI is InChI=1S/C29H22/c1-21-4-7-24(8-5-21)9-10-25-12-16-29-20-26(13-17-28(29)19-25)11-15-27-14-6-22(2)18-23(27)3/h4-8,12-14,16-20H,1-3H3. The van der Waals surface area contributed by atoms with Gasteiger partial charge in [-0.05, 0) is 79.6 Å². The van der Waals surface area contributed by atoms with E-state index in [-0.39, 0.29) is 0 Å². The normalized spacial score (nSPS) is 10.0. The minimum Gasteiger partial charge on any atom is -0.0617 e. The fraction of sp³-hybridized carbons (Fsp3) is 0.103. The van der Waals surface area contributed by atoms with Crippen molar-refractivity contribution in [1.29, 1.82) is 0 Å². The number of hydrogen-bond acceptors (Lipinski definition) is 0. The molecule has 4 aromatic carbocycles. The van der Waals surface area contributed by atoms with Crippen molar-refractivity contribution in [2.24, 2.45) is 0 Å². The van der Waals surface area contributed by atoms with E-state index in [0.29, 0.717) is 0 Å². The molecule has 0 bridgehead atoms. The van der Waals surface area contributed by atoms with Gasteiger partial charge in [-0.1, -0.05) is 71.2 Å². The summed E-state index contributed by atoms with van der Waals surface area (Å²) in [6.45, 7) is 6.30. The Balaban J connectivity index is 1.59. The molecule has 0 heterocycles. The van der Waals surface area contributed by atoms with E-state index in [1.165, 1.54) is 27.5 Å². The minimum absolute atomic E-state index is 1.02. The summed E-state index contributed by atoms with van der Waals surface area (Å²) >= 11 is 0. The van der Waals surface area contributed by atoms with Crippen LogP contribution in [0, 0.1) is 44.5 Å². The molecule has 0 aliphatic rings. The van der Waals surface area contributed by atoms with Gasteiger partial charge in [-0.25, -0.2) is 0 Å². The highest BCUT2D eigenvalue weighted by atomic mass is 14.0.